The molecule has 0 aromatic carbocycles. The van der Waals surface area contributed by atoms with Gasteiger partial charge in [-0.3, -0.25) is 0 Å². The van der Waals surface area contributed by atoms with Crippen molar-refractivity contribution in [1.82, 2.24) is 0 Å². The first-order chi connectivity index (χ1) is 3.88. The van der Waals surface area contributed by atoms with Crippen molar-refractivity contribution in [3.63, 3.8) is 0 Å². The lowest BCUT2D eigenvalue weighted by Crippen LogP contribution is -2.04. The Labute approximate surface area is 50.0 Å². The number of ether oxygens (including phenoxy) is 1. The molecule has 8 heavy (non-hydrogen) atoms. The van der Waals surface area contributed by atoms with E-state index in [-0.39, 0.29) is 0 Å². The SMILES string of the molecule is CC[C@H]1O[C@@H]1CCN. The van der Waals surface area contributed by atoms with Crippen LogP contribution in [0.3, 0.4) is 0 Å². The molecule has 0 aromatic rings. The quantitative estimate of drug-likeness (QED) is 0.544. The minimum absolute atomic E-state index is 0.505. The predicted octanol–water partition coefficient (Wildman–Crippen LogP) is 0.513. The third kappa shape index (κ3) is 1.20. The van der Waals surface area contributed by atoms with Crippen LogP contribution in [0.15, 0.2) is 0 Å². The van der Waals surface area contributed by atoms with Crippen molar-refractivity contribution in [3.8, 4) is 0 Å². The summed E-state index contributed by atoms with van der Waals surface area (Å²) in [7, 11) is 0. The topological polar surface area (TPSA) is 38.5 Å². The van der Waals surface area contributed by atoms with Gasteiger partial charge in [-0.05, 0) is 19.4 Å². The molecule has 2 atom stereocenters. The highest BCUT2D eigenvalue weighted by atomic mass is 16.6. The Bertz CT molecular complexity index is 74.9. The van der Waals surface area contributed by atoms with E-state index in [2.05, 4.69) is 6.92 Å². The molecule has 1 heterocycles. The minimum Gasteiger partial charge on any atom is -0.370 e. The van der Waals surface area contributed by atoms with Gasteiger partial charge in [-0.1, -0.05) is 6.92 Å². The fourth-order valence-corrected chi connectivity index (χ4v) is 0.956. The van der Waals surface area contributed by atoms with Crippen molar-refractivity contribution in [3.05, 3.63) is 0 Å². The van der Waals surface area contributed by atoms with E-state index >= 15 is 0 Å². The lowest BCUT2D eigenvalue weighted by atomic mass is 10.2. The van der Waals surface area contributed by atoms with Gasteiger partial charge in [-0.2, -0.15) is 0 Å². The van der Waals surface area contributed by atoms with E-state index in [9.17, 15) is 0 Å². The maximum absolute atomic E-state index is 5.31. The Hall–Kier alpha value is -0.0800. The van der Waals surface area contributed by atoms with Crippen LogP contribution in [-0.4, -0.2) is 18.8 Å². The van der Waals surface area contributed by atoms with Gasteiger partial charge < -0.3 is 10.5 Å². The largest absolute Gasteiger partial charge is 0.370 e. The van der Waals surface area contributed by atoms with Crippen LogP contribution in [0.4, 0.5) is 0 Å². The maximum Gasteiger partial charge on any atom is 0.0853 e. The summed E-state index contributed by atoms with van der Waals surface area (Å²) < 4.78 is 5.23. The highest BCUT2D eigenvalue weighted by molar-refractivity contribution is 4.82. The van der Waals surface area contributed by atoms with Gasteiger partial charge in [0.05, 0.1) is 12.2 Å². The number of nitrogens with two attached hydrogens (primary N) is 1. The van der Waals surface area contributed by atoms with E-state index < -0.39 is 0 Å². The summed E-state index contributed by atoms with van der Waals surface area (Å²) in [4.78, 5) is 0. The molecule has 1 fully saturated rings. The molecule has 2 heteroatoms. The molecule has 1 aliphatic rings. The molecule has 0 amide bonds. The predicted molar refractivity (Wildman–Crippen MR) is 32.6 cm³/mol. The first-order valence-electron chi connectivity index (χ1n) is 3.24. The third-order valence-electron chi connectivity index (χ3n) is 1.54. The lowest BCUT2D eigenvalue weighted by molar-refractivity contribution is 0.361. The zero-order valence-electron chi connectivity index (χ0n) is 5.26. The summed E-state index contributed by atoms with van der Waals surface area (Å²) in [6, 6.07) is 0. The Kier molecular flexibility index (Phi) is 1.86. The van der Waals surface area contributed by atoms with Gasteiger partial charge >= 0.3 is 0 Å². The Balaban J connectivity index is 1.99. The second-order valence-electron chi connectivity index (χ2n) is 2.20. The van der Waals surface area contributed by atoms with Crippen molar-refractivity contribution >= 4 is 0 Å². The monoisotopic (exact) mass is 115 g/mol. The average molecular weight is 115 g/mol. The molecule has 0 saturated carbocycles. The maximum atomic E-state index is 5.31. The standard InChI is InChI=1S/C6H13NO/c1-2-5-6(8-5)3-4-7/h5-6H,2-4,7H2,1H3/t5-,6-/m1/s1. The molecule has 0 bridgehead atoms. The van der Waals surface area contributed by atoms with Crippen LogP contribution in [0.5, 0.6) is 0 Å². The van der Waals surface area contributed by atoms with Crippen molar-refractivity contribution < 1.29 is 4.74 Å². The molecular formula is C6H13NO. The highest BCUT2D eigenvalue weighted by Gasteiger charge is 2.35. The smallest absolute Gasteiger partial charge is 0.0853 e. The Morgan fingerprint density at radius 1 is 1.50 bits per heavy atom. The zero-order valence-corrected chi connectivity index (χ0v) is 5.26. The van der Waals surface area contributed by atoms with E-state index in [0.29, 0.717) is 12.2 Å². The molecule has 0 aromatic heterocycles. The van der Waals surface area contributed by atoms with Gasteiger partial charge in [0, 0.05) is 0 Å². The number of epoxide rings is 1. The van der Waals surface area contributed by atoms with E-state index in [4.69, 9.17) is 10.5 Å². The van der Waals surface area contributed by atoms with E-state index in [1.165, 1.54) is 0 Å². The zero-order chi connectivity index (χ0) is 5.98. The Morgan fingerprint density at radius 2 is 2.25 bits per heavy atom. The fraction of sp³-hybridized carbons (Fsp3) is 1.00. The lowest BCUT2D eigenvalue weighted by Gasteiger charge is -1.84. The van der Waals surface area contributed by atoms with Gasteiger partial charge in [-0.15, -0.1) is 0 Å². The van der Waals surface area contributed by atoms with Crippen molar-refractivity contribution in [2.75, 3.05) is 6.54 Å². The summed E-state index contributed by atoms with van der Waals surface area (Å²) in [5.41, 5.74) is 5.31. The van der Waals surface area contributed by atoms with Crippen LogP contribution < -0.4 is 5.73 Å². The summed E-state index contributed by atoms with van der Waals surface area (Å²) in [6.45, 7) is 2.91. The summed E-state index contributed by atoms with van der Waals surface area (Å²) >= 11 is 0. The summed E-state index contributed by atoms with van der Waals surface area (Å²) in [5, 5.41) is 0. The second kappa shape index (κ2) is 2.46. The van der Waals surface area contributed by atoms with Crippen LogP contribution in [0.25, 0.3) is 0 Å². The van der Waals surface area contributed by atoms with Gasteiger partial charge in [0.1, 0.15) is 0 Å². The molecule has 1 rings (SSSR count). The number of hydrogen-bond acceptors (Lipinski definition) is 2. The molecule has 2 N–H and O–H groups in total. The van der Waals surface area contributed by atoms with Crippen molar-refractivity contribution in [2.24, 2.45) is 5.73 Å². The fourth-order valence-electron chi connectivity index (χ4n) is 0.956. The van der Waals surface area contributed by atoms with Gasteiger partial charge in [-0.25, -0.2) is 0 Å². The molecule has 48 valence electrons. The first kappa shape index (κ1) is 6.05. The summed E-state index contributed by atoms with van der Waals surface area (Å²) in [5.74, 6) is 0. The van der Waals surface area contributed by atoms with E-state index in [0.717, 1.165) is 19.4 Å². The van der Waals surface area contributed by atoms with Crippen LogP contribution in [0.1, 0.15) is 19.8 Å². The average Bonchev–Trinajstić information content (AvgIpc) is 2.48. The third-order valence-corrected chi connectivity index (χ3v) is 1.54. The molecule has 0 spiro atoms. The Morgan fingerprint density at radius 3 is 2.62 bits per heavy atom. The van der Waals surface area contributed by atoms with E-state index in [1.54, 1.807) is 0 Å². The van der Waals surface area contributed by atoms with Crippen molar-refractivity contribution in [1.29, 1.82) is 0 Å². The van der Waals surface area contributed by atoms with Gasteiger partial charge in [0.15, 0.2) is 0 Å². The van der Waals surface area contributed by atoms with E-state index in [1.807, 2.05) is 0 Å². The van der Waals surface area contributed by atoms with Crippen molar-refractivity contribution in [2.45, 2.75) is 32.0 Å². The first-order valence-corrected chi connectivity index (χ1v) is 3.24. The highest BCUT2D eigenvalue weighted by Crippen LogP contribution is 2.26. The van der Waals surface area contributed by atoms with Gasteiger partial charge in [0.25, 0.3) is 0 Å². The normalized spacial score (nSPS) is 35.2. The molecule has 0 radical (unpaired) electrons. The molecule has 2 nitrogen and oxygen atoms in total. The molecule has 1 saturated heterocycles. The second-order valence-corrected chi connectivity index (χ2v) is 2.20. The van der Waals surface area contributed by atoms with Crippen LogP contribution >= 0.6 is 0 Å². The number of rotatable bonds is 3. The minimum atomic E-state index is 0.505. The molecular weight excluding hydrogens is 102 g/mol. The molecule has 1 aliphatic heterocycles. The molecule has 0 aliphatic carbocycles. The van der Waals surface area contributed by atoms with Crippen LogP contribution in [0.2, 0.25) is 0 Å². The van der Waals surface area contributed by atoms with Crippen LogP contribution in [0, 0.1) is 0 Å². The number of hydrogen-bond donors (Lipinski definition) is 1. The van der Waals surface area contributed by atoms with Crippen LogP contribution in [-0.2, 0) is 4.74 Å². The molecule has 0 unspecified atom stereocenters. The summed E-state index contributed by atoms with van der Waals surface area (Å²) in [6.07, 6.45) is 3.23. The van der Waals surface area contributed by atoms with Gasteiger partial charge in [0.2, 0.25) is 0 Å².